The Hall–Kier alpha value is 0.540. The van der Waals surface area contributed by atoms with Gasteiger partial charge in [-0.25, -0.2) is 9.59 Å². The largest absolute Gasteiger partial charge is 0.390 e. The number of ether oxygens (including phenoxy) is 1. The number of hydrogen-bond acceptors (Lipinski definition) is 7. The molecule has 0 radical (unpaired) electrons. The van der Waals surface area contributed by atoms with Crippen molar-refractivity contribution in [3.05, 3.63) is 0 Å². The molecule has 0 unspecified atom stereocenters. The van der Waals surface area contributed by atoms with Crippen molar-refractivity contribution in [2.45, 2.75) is 22.0 Å². The van der Waals surface area contributed by atoms with Gasteiger partial charge in [0.1, 0.15) is 9.16 Å². The zero-order chi connectivity index (χ0) is 12.1. The van der Waals surface area contributed by atoms with Crippen molar-refractivity contribution >= 4 is 59.0 Å². The number of carbonyl (C=O) groups excluding carboxylic acids is 2. The Kier molecular flexibility index (Phi) is 5.92. The molecule has 17 heavy (non-hydrogen) atoms. The van der Waals surface area contributed by atoms with Crippen LogP contribution in [-0.2, 0) is 14.3 Å². The predicted octanol–water partition coefficient (Wildman–Crippen LogP) is 2.45. The summed E-state index contributed by atoms with van der Waals surface area (Å²) >= 11 is 6.33. The number of thioether (sulfide) groups is 4. The van der Waals surface area contributed by atoms with E-state index in [0.29, 0.717) is 0 Å². The highest BCUT2D eigenvalue weighted by Crippen LogP contribution is 2.34. The fourth-order valence-corrected chi connectivity index (χ4v) is 6.57. The van der Waals surface area contributed by atoms with Gasteiger partial charge in [0.15, 0.2) is 0 Å². The average molecular weight is 310 g/mol. The maximum atomic E-state index is 11.7. The van der Waals surface area contributed by atoms with E-state index in [2.05, 4.69) is 0 Å². The summed E-state index contributed by atoms with van der Waals surface area (Å²) in [5.41, 5.74) is 0. The summed E-state index contributed by atoms with van der Waals surface area (Å²) in [6, 6.07) is 0. The van der Waals surface area contributed by atoms with E-state index in [1.165, 1.54) is 0 Å². The lowest BCUT2D eigenvalue weighted by atomic mass is 10.6. The van der Waals surface area contributed by atoms with Crippen molar-refractivity contribution in [1.29, 1.82) is 0 Å². The second kappa shape index (κ2) is 7.21. The number of carbonyl (C=O) groups is 2. The molecule has 2 rings (SSSR count). The summed E-state index contributed by atoms with van der Waals surface area (Å²) in [5.74, 6) is 3.19. The molecule has 0 spiro atoms. The van der Waals surface area contributed by atoms with E-state index < -0.39 is 0 Å². The van der Waals surface area contributed by atoms with Gasteiger partial charge in [-0.15, -0.1) is 47.0 Å². The maximum absolute atomic E-state index is 11.7. The summed E-state index contributed by atoms with van der Waals surface area (Å²) in [4.78, 5) is 23.5. The van der Waals surface area contributed by atoms with Gasteiger partial charge in [-0.2, -0.15) is 0 Å². The highest BCUT2D eigenvalue weighted by molar-refractivity contribution is 8.19. The van der Waals surface area contributed by atoms with Crippen LogP contribution < -0.4 is 0 Å². The first-order valence-corrected chi connectivity index (χ1v) is 9.69. The van der Waals surface area contributed by atoms with Crippen molar-refractivity contribution in [3.63, 3.8) is 0 Å². The molecule has 96 valence electrons. The van der Waals surface area contributed by atoms with E-state index in [9.17, 15) is 9.59 Å². The number of hydrogen-bond donors (Lipinski definition) is 0. The Morgan fingerprint density at radius 1 is 0.765 bits per heavy atom. The fraction of sp³-hybridized carbons (Fsp3) is 0.800. The zero-order valence-corrected chi connectivity index (χ0v) is 12.5. The van der Waals surface area contributed by atoms with E-state index in [4.69, 9.17) is 4.74 Å². The fourth-order valence-electron chi connectivity index (χ4n) is 1.44. The first-order valence-electron chi connectivity index (χ1n) is 5.49. The van der Waals surface area contributed by atoms with E-state index in [1.807, 2.05) is 0 Å². The first kappa shape index (κ1) is 14.0. The van der Waals surface area contributed by atoms with E-state index in [1.54, 1.807) is 47.0 Å². The SMILES string of the molecule is O=C(OC(=O)C1SCCCS1)C1SCCCS1. The summed E-state index contributed by atoms with van der Waals surface area (Å²) in [6.07, 6.45) is 2.25. The molecule has 0 aliphatic carbocycles. The highest BCUT2D eigenvalue weighted by Gasteiger charge is 2.30. The van der Waals surface area contributed by atoms with Crippen LogP contribution in [0.3, 0.4) is 0 Å². The van der Waals surface area contributed by atoms with Gasteiger partial charge < -0.3 is 4.74 Å². The van der Waals surface area contributed by atoms with Gasteiger partial charge in [0, 0.05) is 0 Å². The van der Waals surface area contributed by atoms with E-state index in [0.717, 1.165) is 35.9 Å². The Balaban J connectivity index is 1.78. The van der Waals surface area contributed by atoms with Crippen LogP contribution >= 0.6 is 47.0 Å². The van der Waals surface area contributed by atoms with Crippen LogP contribution in [0.15, 0.2) is 0 Å². The van der Waals surface area contributed by atoms with Gasteiger partial charge in [0.25, 0.3) is 0 Å². The number of esters is 2. The van der Waals surface area contributed by atoms with Gasteiger partial charge >= 0.3 is 11.9 Å². The summed E-state index contributed by atoms with van der Waals surface area (Å²) < 4.78 is 4.56. The Labute approximate surface area is 118 Å². The zero-order valence-electron chi connectivity index (χ0n) is 9.26. The van der Waals surface area contributed by atoms with Crippen molar-refractivity contribution in [3.8, 4) is 0 Å². The van der Waals surface area contributed by atoms with Gasteiger partial charge in [0.05, 0.1) is 0 Å². The summed E-state index contributed by atoms with van der Waals surface area (Å²) in [6.45, 7) is 0. The van der Waals surface area contributed by atoms with Crippen LogP contribution in [0.2, 0.25) is 0 Å². The molecule has 0 aromatic heterocycles. The quantitative estimate of drug-likeness (QED) is 0.573. The second-order valence-electron chi connectivity index (χ2n) is 3.59. The van der Waals surface area contributed by atoms with Gasteiger partial charge in [-0.1, -0.05) is 0 Å². The molecule has 3 nitrogen and oxygen atoms in total. The topological polar surface area (TPSA) is 43.4 Å². The molecule has 2 aliphatic rings. The van der Waals surface area contributed by atoms with Crippen LogP contribution in [0.25, 0.3) is 0 Å². The monoisotopic (exact) mass is 310 g/mol. The predicted molar refractivity (Wildman–Crippen MR) is 77.7 cm³/mol. The van der Waals surface area contributed by atoms with Crippen molar-refractivity contribution in [2.24, 2.45) is 0 Å². The molecule has 0 amide bonds. The lowest BCUT2D eigenvalue weighted by molar-refractivity contribution is -0.156. The minimum absolute atomic E-state index is 0.203. The number of rotatable bonds is 2. The molecule has 2 fully saturated rings. The van der Waals surface area contributed by atoms with Crippen LogP contribution in [0.5, 0.6) is 0 Å². The van der Waals surface area contributed by atoms with Gasteiger partial charge in [-0.05, 0) is 35.9 Å². The molecule has 0 saturated carbocycles. The Bertz CT molecular complexity index is 257. The van der Waals surface area contributed by atoms with E-state index >= 15 is 0 Å². The molecule has 0 bridgehead atoms. The minimum atomic E-state index is -0.364. The third-order valence-electron chi connectivity index (χ3n) is 2.24. The lowest BCUT2D eigenvalue weighted by Gasteiger charge is -2.21. The molecule has 2 saturated heterocycles. The van der Waals surface area contributed by atoms with Gasteiger partial charge in [0.2, 0.25) is 0 Å². The minimum Gasteiger partial charge on any atom is -0.390 e. The van der Waals surface area contributed by atoms with Crippen molar-refractivity contribution < 1.29 is 14.3 Å². The van der Waals surface area contributed by atoms with Crippen molar-refractivity contribution in [2.75, 3.05) is 23.0 Å². The molecule has 0 atom stereocenters. The summed E-state index contributed by atoms with van der Waals surface area (Å²) in [7, 11) is 0. The third-order valence-corrected chi connectivity index (χ3v) is 7.95. The molecule has 2 aliphatic heterocycles. The van der Waals surface area contributed by atoms with Crippen LogP contribution in [0.4, 0.5) is 0 Å². The van der Waals surface area contributed by atoms with Crippen LogP contribution in [-0.4, -0.2) is 44.1 Å². The Morgan fingerprint density at radius 2 is 1.12 bits per heavy atom. The van der Waals surface area contributed by atoms with Crippen LogP contribution in [0, 0.1) is 0 Å². The summed E-state index contributed by atoms with van der Waals surface area (Å²) in [5, 5.41) is 0. The third kappa shape index (κ3) is 4.29. The normalized spacial score (nSPS) is 23.3. The molecule has 0 N–H and O–H groups in total. The molecule has 0 aromatic carbocycles. The molecule has 7 heteroatoms. The average Bonchev–Trinajstić information content (AvgIpc) is 2.40. The molecular weight excluding hydrogens is 296 g/mol. The molecular formula is C10H14O3S4. The van der Waals surface area contributed by atoms with E-state index in [-0.39, 0.29) is 21.1 Å². The lowest BCUT2D eigenvalue weighted by Crippen LogP contribution is -2.29. The van der Waals surface area contributed by atoms with Gasteiger partial charge in [-0.3, -0.25) is 0 Å². The standard InChI is InChI=1S/C10H14O3S4/c11-7(9-14-3-1-4-15-9)13-8(12)10-16-5-2-6-17-10/h9-10H,1-6H2. The second-order valence-corrected chi connectivity index (χ2v) is 9.04. The highest BCUT2D eigenvalue weighted by atomic mass is 32.2. The van der Waals surface area contributed by atoms with Crippen molar-refractivity contribution in [1.82, 2.24) is 0 Å². The van der Waals surface area contributed by atoms with Crippen LogP contribution in [0.1, 0.15) is 12.8 Å². The maximum Gasteiger partial charge on any atom is 0.337 e. The Morgan fingerprint density at radius 3 is 1.47 bits per heavy atom. The molecule has 2 heterocycles. The smallest absolute Gasteiger partial charge is 0.337 e. The molecule has 0 aromatic rings. The first-order chi connectivity index (χ1) is 8.27.